The molecule has 0 bridgehead atoms. The summed E-state index contributed by atoms with van der Waals surface area (Å²) in [5.74, 6) is -0.316. The quantitative estimate of drug-likeness (QED) is 0.677. The van der Waals surface area contributed by atoms with Gasteiger partial charge in [0.1, 0.15) is 5.92 Å². The fourth-order valence-electron chi connectivity index (χ4n) is 5.09. The lowest BCUT2D eigenvalue weighted by Crippen LogP contribution is -2.48. The second kappa shape index (κ2) is 8.52. The van der Waals surface area contributed by atoms with Crippen molar-refractivity contribution in [3.05, 3.63) is 23.3 Å². The smallest absolute Gasteiger partial charge is 0.323 e. The number of benzene rings is 1. The van der Waals surface area contributed by atoms with Crippen molar-refractivity contribution in [1.29, 1.82) is 5.26 Å². The maximum atomic E-state index is 12.4. The molecule has 4 atom stereocenters. The third-order valence-electron chi connectivity index (χ3n) is 6.64. The Kier molecular flexibility index (Phi) is 5.82. The molecule has 1 saturated heterocycles. The molecule has 3 heterocycles. The first-order chi connectivity index (χ1) is 14.5. The van der Waals surface area contributed by atoms with E-state index >= 15 is 0 Å². The SMILES string of the molecule is COC(=O)CC[C@@H]1CN2CCc3cc4c(cc3[C@@H]2C[C@@H]1C(C#N)C(=O)OC)OCO4. The van der Waals surface area contributed by atoms with Gasteiger partial charge >= 0.3 is 11.9 Å². The van der Waals surface area contributed by atoms with Gasteiger partial charge < -0.3 is 18.9 Å². The van der Waals surface area contributed by atoms with E-state index in [1.54, 1.807) is 0 Å². The van der Waals surface area contributed by atoms with E-state index in [1.165, 1.54) is 25.3 Å². The van der Waals surface area contributed by atoms with Gasteiger partial charge in [-0.1, -0.05) is 0 Å². The maximum Gasteiger partial charge on any atom is 0.323 e. The van der Waals surface area contributed by atoms with Gasteiger partial charge in [-0.25, -0.2) is 0 Å². The number of nitrogens with zero attached hydrogens (tertiary/aromatic N) is 2. The summed E-state index contributed by atoms with van der Waals surface area (Å²) in [4.78, 5) is 26.5. The lowest BCUT2D eigenvalue weighted by Gasteiger charge is -2.48. The van der Waals surface area contributed by atoms with Crippen LogP contribution in [0, 0.1) is 29.1 Å². The first-order valence-corrected chi connectivity index (χ1v) is 10.3. The predicted molar refractivity (Wildman–Crippen MR) is 105 cm³/mol. The van der Waals surface area contributed by atoms with Crippen LogP contribution >= 0.6 is 0 Å². The van der Waals surface area contributed by atoms with Crippen molar-refractivity contribution in [3.63, 3.8) is 0 Å². The Balaban J connectivity index is 1.63. The zero-order valence-electron chi connectivity index (χ0n) is 17.3. The van der Waals surface area contributed by atoms with Crippen molar-refractivity contribution in [2.75, 3.05) is 34.1 Å². The van der Waals surface area contributed by atoms with Gasteiger partial charge in [0.2, 0.25) is 6.79 Å². The Morgan fingerprint density at radius 1 is 1.27 bits per heavy atom. The average molecular weight is 414 g/mol. The van der Waals surface area contributed by atoms with Crippen molar-refractivity contribution in [2.24, 2.45) is 17.8 Å². The van der Waals surface area contributed by atoms with Crippen LogP contribution in [0.15, 0.2) is 12.1 Å². The van der Waals surface area contributed by atoms with Crippen LogP contribution in [0.25, 0.3) is 0 Å². The summed E-state index contributed by atoms with van der Waals surface area (Å²) in [5, 5.41) is 9.75. The third kappa shape index (κ3) is 3.70. The van der Waals surface area contributed by atoms with Crippen LogP contribution < -0.4 is 9.47 Å². The summed E-state index contributed by atoms with van der Waals surface area (Å²) in [6, 6.07) is 6.34. The molecule has 0 radical (unpaired) electrons. The van der Waals surface area contributed by atoms with Crippen molar-refractivity contribution in [3.8, 4) is 17.6 Å². The highest BCUT2D eigenvalue weighted by atomic mass is 16.7. The van der Waals surface area contributed by atoms with Crippen molar-refractivity contribution >= 4 is 11.9 Å². The van der Waals surface area contributed by atoms with Gasteiger partial charge in [-0.05, 0) is 54.4 Å². The molecule has 0 saturated carbocycles. The van der Waals surface area contributed by atoms with Crippen LogP contribution in [0.2, 0.25) is 0 Å². The van der Waals surface area contributed by atoms with Crippen LogP contribution in [0.3, 0.4) is 0 Å². The van der Waals surface area contributed by atoms with Gasteiger partial charge in [0.15, 0.2) is 11.5 Å². The minimum Gasteiger partial charge on any atom is -0.469 e. The van der Waals surface area contributed by atoms with E-state index in [0.29, 0.717) is 12.8 Å². The molecule has 8 heteroatoms. The first kappa shape index (κ1) is 20.5. The van der Waals surface area contributed by atoms with Gasteiger partial charge in [-0.15, -0.1) is 0 Å². The number of carbonyl (C=O) groups is 2. The zero-order valence-corrected chi connectivity index (χ0v) is 17.3. The van der Waals surface area contributed by atoms with Gasteiger partial charge in [0.05, 0.1) is 20.3 Å². The Hall–Kier alpha value is -2.79. The van der Waals surface area contributed by atoms with Crippen LogP contribution in [0.4, 0.5) is 0 Å². The fourth-order valence-corrected chi connectivity index (χ4v) is 5.09. The predicted octanol–water partition coefficient (Wildman–Crippen LogP) is 2.22. The lowest BCUT2D eigenvalue weighted by atomic mass is 9.70. The minimum absolute atomic E-state index is 0.0275. The van der Waals surface area contributed by atoms with E-state index in [1.807, 2.05) is 6.07 Å². The number of methoxy groups -OCH3 is 2. The van der Waals surface area contributed by atoms with Gasteiger partial charge in [-0.3, -0.25) is 14.5 Å². The maximum absolute atomic E-state index is 12.4. The number of nitriles is 1. The van der Waals surface area contributed by atoms with Crippen molar-refractivity contribution < 1.29 is 28.5 Å². The van der Waals surface area contributed by atoms with Crippen LogP contribution in [0.5, 0.6) is 11.5 Å². The standard InChI is InChI=1S/C22H26N2O6/c1-27-21(25)4-3-14-11-24-6-5-13-7-19-20(30-12-29-19)9-16(13)18(24)8-15(14)17(10-23)22(26)28-2/h7,9,14-15,17-18H,3-6,8,11-12H2,1-2H3/t14-,15+,17?,18+/m1/s1. The molecule has 3 aliphatic rings. The molecule has 1 fully saturated rings. The normalized spacial score (nSPS) is 25.4. The third-order valence-corrected chi connectivity index (χ3v) is 6.64. The fraction of sp³-hybridized carbons (Fsp3) is 0.591. The molecule has 0 spiro atoms. The zero-order chi connectivity index (χ0) is 21.3. The average Bonchev–Trinajstić information content (AvgIpc) is 3.23. The van der Waals surface area contributed by atoms with Crippen LogP contribution in [0.1, 0.15) is 36.4 Å². The number of rotatable bonds is 5. The second-order valence-electron chi connectivity index (χ2n) is 8.07. The molecule has 0 N–H and O–H groups in total. The van der Waals surface area contributed by atoms with E-state index in [9.17, 15) is 14.9 Å². The summed E-state index contributed by atoms with van der Waals surface area (Å²) in [6.07, 6.45) is 2.38. The Bertz CT molecular complexity index is 879. The number of hydrogen-bond acceptors (Lipinski definition) is 8. The van der Waals surface area contributed by atoms with E-state index in [-0.39, 0.29) is 37.1 Å². The van der Waals surface area contributed by atoms with E-state index in [4.69, 9.17) is 18.9 Å². The Morgan fingerprint density at radius 2 is 2.03 bits per heavy atom. The molecule has 4 rings (SSSR count). The Morgan fingerprint density at radius 3 is 2.73 bits per heavy atom. The number of hydrogen-bond donors (Lipinski definition) is 0. The number of fused-ring (bicyclic) bond motifs is 4. The van der Waals surface area contributed by atoms with Gasteiger partial charge in [-0.2, -0.15) is 5.26 Å². The van der Waals surface area contributed by atoms with Crippen LogP contribution in [-0.2, 0) is 25.5 Å². The van der Waals surface area contributed by atoms with E-state index in [0.717, 1.165) is 31.0 Å². The highest BCUT2D eigenvalue weighted by Crippen LogP contribution is 2.48. The highest BCUT2D eigenvalue weighted by Gasteiger charge is 2.45. The summed E-state index contributed by atoms with van der Waals surface area (Å²) in [5.41, 5.74) is 2.39. The number of carbonyl (C=O) groups excluding carboxylic acids is 2. The van der Waals surface area contributed by atoms with Crippen molar-refractivity contribution in [1.82, 2.24) is 4.90 Å². The molecule has 0 aliphatic carbocycles. The number of esters is 2. The number of piperidine rings is 1. The molecule has 1 unspecified atom stereocenters. The molecule has 8 nitrogen and oxygen atoms in total. The van der Waals surface area contributed by atoms with Crippen LogP contribution in [-0.4, -0.2) is 50.9 Å². The first-order valence-electron chi connectivity index (χ1n) is 10.3. The Labute approximate surface area is 175 Å². The molecule has 1 aromatic carbocycles. The molecular weight excluding hydrogens is 388 g/mol. The second-order valence-corrected chi connectivity index (χ2v) is 8.07. The monoisotopic (exact) mass is 414 g/mol. The summed E-state index contributed by atoms with van der Waals surface area (Å²) < 4.78 is 20.8. The summed E-state index contributed by atoms with van der Waals surface area (Å²) in [6.45, 7) is 1.83. The molecular formula is C22H26N2O6. The van der Waals surface area contributed by atoms with Crippen molar-refractivity contribution in [2.45, 2.75) is 31.7 Å². The molecule has 3 aliphatic heterocycles. The highest BCUT2D eigenvalue weighted by molar-refractivity contribution is 5.75. The van der Waals surface area contributed by atoms with E-state index in [2.05, 4.69) is 17.0 Å². The minimum atomic E-state index is -0.862. The largest absolute Gasteiger partial charge is 0.469 e. The molecule has 160 valence electrons. The topological polar surface area (TPSA) is 98.1 Å². The van der Waals surface area contributed by atoms with E-state index < -0.39 is 11.9 Å². The van der Waals surface area contributed by atoms with Gasteiger partial charge in [0, 0.05) is 25.6 Å². The summed E-state index contributed by atoms with van der Waals surface area (Å²) >= 11 is 0. The lowest BCUT2D eigenvalue weighted by molar-refractivity contribution is -0.147. The molecule has 0 aromatic heterocycles. The molecule has 1 aromatic rings. The van der Waals surface area contributed by atoms with Gasteiger partial charge in [0.25, 0.3) is 0 Å². The molecule has 30 heavy (non-hydrogen) atoms. The number of ether oxygens (including phenoxy) is 4. The molecule has 0 amide bonds. The summed E-state index contributed by atoms with van der Waals surface area (Å²) in [7, 11) is 2.68.